The molecule has 1 amide bonds. The number of anilines is 1. The van der Waals surface area contributed by atoms with Gasteiger partial charge in [-0.1, -0.05) is 17.7 Å². The largest absolute Gasteiger partial charge is 0.368 e. The second kappa shape index (κ2) is 6.05. The van der Waals surface area contributed by atoms with Gasteiger partial charge in [-0.15, -0.1) is 0 Å². The summed E-state index contributed by atoms with van der Waals surface area (Å²) in [6.07, 6.45) is 0.128. The summed E-state index contributed by atoms with van der Waals surface area (Å²) in [7, 11) is 0. The summed E-state index contributed by atoms with van der Waals surface area (Å²) in [5.41, 5.74) is 2.05. The summed E-state index contributed by atoms with van der Waals surface area (Å²) < 4.78 is 0. The zero-order valence-corrected chi connectivity index (χ0v) is 12.5. The standard InChI is InChI=1S/C15H19N5O2/c1-11-2-4-12(5-3-11)19-6-8-20(9-7-19)14(21)10-13-16-15(22)18-17-13/h2-5H,6-10H2,1H3,(H2,16,17,18,22). The van der Waals surface area contributed by atoms with E-state index in [2.05, 4.69) is 51.3 Å². The first-order chi connectivity index (χ1) is 10.6. The molecule has 0 atom stereocenters. The lowest BCUT2D eigenvalue weighted by atomic mass is 10.2. The van der Waals surface area contributed by atoms with Crippen LogP contribution in [-0.4, -0.2) is 52.2 Å². The van der Waals surface area contributed by atoms with Gasteiger partial charge in [0.05, 0.1) is 6.42 Å². The highest BCUT2D eigenvalue weighted by Gasteiger charge is 2.22. The molecular weight excluding hydrogens is 282 g/mol. The average molecular weight is 301 g/mol. The van der Waals surface area contributed by atoms with Crippen LogP contribution in [0.25, 0.3) is 0 Å². The van der Waals surface area contributed by atoms with Gasteiger partial charge in [-0.05, 0) is 19.1 Å². The van der Waals surface area contributed by atoms with E-state index in [1.807, 2.05) is 4.90 Å². The molecular formula is C15H19N5O2. The van der Waals surface area contributed by atoms with E-state index in [9.17, 15) is 9.59 Å². The van der Waals surface area contributed by atoms with Crippen LogP contribution < -0.4 is 10.6 Å². The van der Waals surface area contributed by atoms with Crippen LogP contribution in [0.1, 0.15) is 11.4 Å². The zero-order valence-electron chi connectivity index (χ0n) is 12.5. The van der Waals surface area contributed by atoms with E-state index in [1.165, 1.54) is 11.3 Å². The number of hydrogen-bond acceptors (Lipinski definition) is 4. The molecule has 3 rings (SSSR count). The van der Waals surface area contributed by atoms with Crippen molar-refractivity contribution in [3.05, 3.63) is 46.1 Å². The van der Waals surface area contributed by atoms with Gasteiger partial charge in [-0.2, -0.15) is 5.10 Å². The Morgan fingerprint density at radius 2 is 1.86 bits per heavy atom. The molecule has 2 aromatic rings. The highest BCUT2D eigenvalue weighted by Crippen LogP contribution is 2.17. The van der Waals surface area contributed by atoms with Crippen molar-refractivity contribution in [3.63, 3.8) is 0 Å². The Kier molecular flexibility index (Phi) is 3.95. The van der Waals surface area contributed by atoms with Crippen LogP contribution >= 0.6 is 0 Å². The Bertz CT molecular complexity index is 695. The Morgan fingerprint density at radius 3 is 2.45 bits per heavy atom. The van der Waals surface area contributed by atoms with Crippen LogP contribution in [0.15, 0.2) is 29.1 Å². The number of nitrogens with one attached hydrogen (secondary N) is 2. The quantitative estimate of drug-likeness (QED) is 0.854. The van der Waals surface area contributed by atoms with Gasteiger partial charge in [0.1, 0.15) is 5.82 Å². The molecule has 2 N–H and O–H groups in total. The van der Waals surface area contributed by atoms with Crippen molar-refractivity contribution >= 4 is 11.6 Å². The van der Waals surface area contributed by atoms with Gasteiger partial charge in [0.2, 0.25) is 5.91 Å². The maximum atomic E-state index is 12.2. The maximum Gasteiger partial charge on any atom is 0.340 e. The molecule has 116 valence electrons. The number of hydrogen-bond donors (Lipinski definition) is 2. The van der Waals surface area contributed by atoms with Gasteiger partial charge >= 0.3 is 5.69 Å². The molecule has 0 saturated carbocycles. The first-order valence-electron chi connectivity index (χ1n) is 7.35. The number of aromatic nitrogens is 3. The van der Waals surface area contributed by atoms with Crippen molar-refractivity contribution in [3.8, 4) is 0 Å². The third-order valence-corrected chi connectivity index (χ3v) is 3.90. The topological polar surface area (TPSA) is 85.1 Å². The summed E-state index contributed by atoms with van der Waals surface area (Å²) in [5, 5.41) is 6.04. The van der Waals surface area contributed by atoms with Crippen molar-refractivity contribution < 1.29 is 4.79 Å². The number of aromatic amines is 2. The van der Waals surface area contributed by atoms with E-state index < -0.39 is 0 Å². The number of nitrogens with zero attached hydrogens (tertiary/aromatic N) is 3. The van der Waals surface area contributed by atoms with Crippen LogP contribution in [0.3, 0.4) is 0 Å². The van der Waals surface area contributed by atoms with Crippen molar-refractivity contribution in [2.24, 2.45) is 0 Å². The van der Waals surface area contributed by atoms with E-state index in [0.717, 1.165) is 13.1 Å². The number of carbonyl (C=O) groups is 1. The number of aryl methyl sites for hydroxylation is 1. The number of benzene rings is 1. The molecule has 1 aliphatic heterocycles. The molecule has 22 heavy (non-hydrogen) atoms. The second-order valence-electron chi connectivity index (χ2n) is 5.50. The number of amides is 1. The Morgan fingerprint density at radius 1 is 1.18 bits per heavy atom. The van der Waals surface area contributed by atoms with E-state index in [4.69, 9.17) is 0 Å². The minimum absolute atomic E-state index is 0.00805. The summed E-state index contributed by atoms with van der Waals surface area (Å²) in [6.45, 7) is 5.06. The molecule has 0 radical (unpaired) electrons. The minimum Gasteiger partial charge on any atom is -0.368 e. The summed E-state index contributed by atoms with van der Waals surface area (Å²) in [6, 6.07) is 8.42. The lowest BCUT2D eigenvalue weighted by Gasteiger charge is -2.36. The highest BCUT2D eigenvalue weighted by molar-refractivity contribution is 5.78. The molecule has 7 nitrogen and oxygen atoms in total. The molecule has 1 aromatic heterocycles. The number of piperazine rings is 1. The maximum absolute atomic E-state index is 12.2. The predicted octanol–water partition coefficient (Wildman–Crippen LogP) is 0.298. The van der Waals surface area contributed by atoms with E-state index in [-0.39, 0.29) is 18.0 Å². The monoisotopic (exact) mass is 301 g/mol. The second-order valence-corrected chi connectivity index (χ2v) is 5.50. The summed E-state index contributed by atoms with van der Waals surface area (Å²) >= 11 is 0. The lowest BCUT2D eigenvalue weighted by molar-refractivity contribution is -0.130. The van der Waals surface area contributed by atoms with E-state index in [1.54, 1.807) is 0 Å². The summed E-state index contributed by atoms with van der Waals surface area (Å²) in [4.78, 5) is 29.8. The fraction of sp³-hybridized carbons (Fsp3) is 0.400. The normalized spacial score (nSPS) is 15.1. The first-order valence-corrected chi connectivity index (χ1v) is 7.35. The number of carbonyl (C=O) groups excluding carboxylic acids is 1. The predicted molar refractivity (Wildman–Crippen MR) is 82.9 cm³/mol. The van der Waals surface area contributed by atoms with Gasteiger partial charge in [0.25, 0.3) is 0 Å². The smallest absolute Gasteiger partial charge is 0.340 e. The van der Waals surface area contributed by atoms with Gasteiger partial charge in [-0.25, -0.2) is 9.89 Å². The van der Waals surface area contributed by atoms with Crippen molar-refractivity contribution in [2.45, 2.75) is 13.3 Å². The molecule has 0 aliphatic carbocycles. The molecule has 1 fully saturated rings. The molecule has 1 saturated heterocycles. The minimum atomic E-state index is -0.382. The van der Waals surface area contributed by atoms with Gasteiger partial charge in [0, 0.05) is 31.9 Å². The average Bonchev–Trinajstić information content (AvgIpc) is 2.93. The van der Waals surface area contributed by atoms with Crippen LogP contribution in [0.2, 0.25) is 0 Å². The van der Waals surface area contributed by atoms with Crippen molar-refractivity contribution in [2.75, 3.05) is 31.1 Å². The molecule has 2 heterocycles. The molecule has 7 heteroatoms. The van der Waals surface area contributed by atoms with E-state index in [0.29, 0.717) is 18.9 Å². The van der Waals surface area contributed by atoms with Crippen LogP contribution in [0.5, 0.6) is 0 Å². The molecule has 1 aliphatic rings. The van der Waals surface area contributed by atoms with Crippen LogP contribution in [-0.2, 0) is 11.2 Å². The fourth-order valence-electron chi connectivity index (χ4n) is 2.61. The summed E-state index contributed by atoms with van der Waals surface area (Å²) in [5.74, 6) is 0.377. The highest BCUT2D eigenvalue weighted by atomic mass is 16.2. The van der Waals surface area contributed by atoms with Gasteiger partial charge < -0.3 is 9.80 Å². The Labute approximate surface area is 127 Å². The molecule has 0 bridgehead atoms. The number of rotatable bonds is 3. The molecule has 0 unspecified atom stereocenters. The van der Waals surface area contributed by atoms with Crippen molar-refractivity contribution in [1.29, 1.82) is 0 Å². The lowest BCUT2D eigenvalue weighted by Crippen LogP contribution is -2.49. The number of H-pyrrole nitrogens is 2. The van der Waals surface area contributed by atoms with E-state index >= 15 is 0 Å². The fourth-order valence-corrected chi connectivity index (χ4v) is 2.61. The first kappa shape index (κ1) is 14.4. The third-order valence-electron chi connectivity index (χ3n) is 3.90. The zero-order chi connectivity index (χ0) is 15.5. The SMILES string of the molecule is Cc1ccc(N2CCN(C(=O)Cc3n[nH]c(=O)[nH]3)CC2)cc1. The third kappa shape index (κ3) is 3.19. The van der Waals surface area contributed by atoms with Gasteiger partial charge in [0.15, 0.2) is 0 Å². The Balaban J connectivity index is 1.56. The van der Waals surface area contributed by atoms with Crippen LogP contribution in [0, 0.1) is 6.92 Å². The van der Waals surface area contributed by atoms with Crippen LogP contribution in [0.4, 0.5) is 5.69 Å². The Hall–Kier alpha value is -2.57. The molecule has 1 aromatic carbocycles. The van der Waals surface area contributed by atoms with Crippen molar-refractivity contribution in [1.82, 2.24) is 20.1 Å². The molecule has 0 spiro atoms. The van der Waals surface area contributed by atoms with Gasteiger partial charge in [-0.3, -0.25) is 9.78 Å².